The lowest BCUT2D eigenvalue weighted by molar-refractivity contribution is 0.182. The third-order valence-corrected chi connectivity index (χ3v) is 3.72. The Balaban J connectivity index is 1.84. The van der Waals surface area contributed by atoms with Crippen molar-refractivity contribution in [2.45, 2.75) is 25.0 Å². The summed E-state index contributed by atoms with van der Waals surface area (Å²) in [7, 11) is 0. The number of nitriles is 1. The SMILES string of the molecule is N#Cc1cccnc1N(C[C@H](O)c1ccccc1)C1CC1. The van der Waals surface area contributed by atoms with Crippen LogP contribution in [0.1, 0.15) is 30.1 Å². The predicted octanol–water partition coefficient (Wildman–Crippen LogP) is 2.66. The molecule has 4 heteroatoms. The van der Waals surface area contributed by atoms with E-state index in [9.17, 15) is 10.4 Å². The van der Waals surface area contributed by atoms with Crippen molar-refractivity contribution in [1.82, 2.24) is 4.98 Å². The number of pyridine rings is 1. The molecule has 21 heavy (non-hydrogen) atoms. The summed E-state index contributed by atoms with van der Waals surface area (Å²) in [5, 5.41) is 19.7. The number of anilines is 1. The van der Waals surface area contributed by atoms with Gasteiger partial charge in [-0.25, -0.2) is 4.98 Å². The second kappa shape index (κ2) is 5.94. The highest BCUT2D eigenvalue weighted by Crippen LogP contribution is 2.33. The molecule has 0 bridgehead atoms. The van der Waals surface area contributed by atoms with Gasteiger partial charge in [-0.1, -0.05) is 30.3 Å². The maximum atomic E-state index is 10.4. The normalized spacial score (nSPS) is 15.2. The van der Waals surface area contributed by atoms with Gasteiger partial charge >= 0.3 is 0 Å². The lowest BCUT2D eigenvalue weighted by Gasteiger charge is -2.27. The number of benzene rings is 1. The van der Waals surface area contributed by atoms with Crippen molar-refractivity contribution in [2.75, 3.05) is 11.4 Å². The van der Waals surface area contributed by atoms with Crippen molar-refractivity contribution in [3.8, 4) is 6.07 Å². The third-order valence-electron chi connectivity index (χ3n) is 3.72. The number of nitrogens with zero attached hydrogens (tertiary/aromatic N) is 3. The fourth-order valence-corrected chi connectivity index (χ4v) is 2.47. The zero-order valence-electron chi connectivity index (χ0n) is 11.7. The molecule has 1 saturated carbocycles. The molecule has 4 nitrogen and oxygen atoms in total. The summed E-state index contributed by atoms with van der Waals surface area (Å²) >= 11 is 0. The molecule has 1 aromatic heterocycles. The summed E-state index contributed by atoms with van der Waals surface area (Å²) in [4.78, 5) is 6.42. The Morgan fingerprint density at radius 1 is 1.24 bits per heavy atom. The van der Waals surface area contributed by atoms with E-state index in [-0.39, 0.29) is 0 Å². The van der Waals surface area contributed by atoms with Crippen LogP contribution in [0, 0.1) is 11.3 Å². The predicted molar refractivity (Wildman–Crippen MR) is 80.7 cm³/mol. The van der Waals surface area contributed by atoms with E-state index in [1.54, 1.807) is 18.3 Å². The standard InChI is InChI=1S/C17H17N3O/c18-11-14-7-4-10-19-17(14)20(15-8-9-15)12-16(21)13-5-2-1-3-6-13/h1-7,10,15-16,21H,8-9,12H2/t16-/m0/s1. The first-order chi connectivity index (χ1) is 10.3. The molecule has 1 atom stereocenters. The van der Waals surface area contributed by atoms with Crippen LogP contribution in [-0.4, -0.2) is 22.7 Å². The van der Waals surface area contributed by atoms with Gasteiger partial charge in [0.05, 0.1) is 11.7 Å². The van der Waals surface area contributed by atoms with E-state index in [0.29, 0.717) is 24.0 Å². The largest absolute Gasteiger partial charge is 0.387 e. The summed E-state index contributed by atoms with van der Waals surface area (Å²) in [6.07, 6.45) is 3.28. The molecule has 2 aromatic rings. The molecule has 1 heterocycles. The summed E-state index contributed by atoms with van der Waals surface area (Å²) in [5.41, 5.74) is 1.45. The van der Waals surface area contributed by atoms with Gasteiger partial charge in [-0.15, -0.1) is 0 Å². The fourth-order valence-electron chi connectivity index (χ4n) is 2.47. The second-order valence-electron chi connectivity index (χ2n) is 5.30. The van der Waals surface area contributed by atoms with E-state index in [0.717, 1.165) is 18.4 Å². The van der Waals surface area contributed by atoms with Crippen LogP contribution >= 0.6 is 0 Å². The van der Waals surface area contributed by atoms with E-state index in [1.807, 2.05) is 30.3 Å². The van der Waals surface area contributed by atoms with Crippen molar-refractivity contribution in [2.24, 2.45) is 0 Å². The van der Waals surface area contributed by atoms with Gasteiger partial charge in [0.25, 0.3) is 0 Å². The average molecular weight is 279 g/mol. The number of aromatic nitrogens is 1. The number of aliphatic hydroxyl groups is 1. The zero-order chi connectivity index (χ0) is 14.7. The molecule has 1 aliphatic rings. The smallest absolute Gasteiger partial charge is 0.146 e. The minimum absolute atomic E-state index is 0.380. The Hall–Kier alpha value is -2.38. The lowest BCUT2D eigenvalue weighted by Crippen LogP contribution is -2.32. The Morgan fingerprint density at radius 3 is 2.67 bits per heavy atom. The molecule has 0 spiro atoms. The molecule has 0 saturated heterocycles. The van der Waals surface area contributed by atoms with Crippen LogP contribution in [-0.2, 0) is 0 Å². The van der Waals surface area contributed by atoms with Gasteiger partial charge < -0.3 is 10.0 Å². The zero-order valence-corrected chi connectivity index (χ0v) is 11.7. The quantitative estimate of drug-likeness (QED) is 0.914. The minimum atomic E-state index is -0.583. The van der Waals surface area contributed by atoms with Gasteiger partial charge in [-0.3, -0.25) is 0 Å². The molecular weight excluding hydrogens is 262 g/mol. The van der Waals surface area contributed by atoms with E-state index in [1.165, 1.54) is 0 Å². The first kappa shape index (κ1) is 13.6. The molecule has 0 amide bonds. The summed E-state index contributed by atoms with van der Waals surface area (Å²) in [5.74, 6) is 0.678. The maximum absolute atomic E-state index is 10.4. The van der Waals surface area contributed by atoms with Crippen LogP contribution in [0.15, 0.2) is 48.7 Å². The highest BCUT2D eigenvalue weighted by atomic mass is 16.3. The highest BCUT2D eigenvalue weighted by Gasteiger charge is 2.32. The van der Waals surface area contributed by atoms with E-state index < -0.39 is 6.10 Å². The van der Waals surface area contributed by atoms with Gasteiger partial charge in [-0.2, -0.15) is 5.26 Å². The minimum Gasteiger partial charge on any atom is -0.387 e. The summed E-state index contributed by atoms with van der Waals surface area (Å²) < 4.78 is 0. The topological polar surface area (TPSA) is 60.2 Å². The maximum Gasteiger partial charge on any atom is 0.146 e. The van der Waals surface area contributed by atoms with Gasteiger partial charge in [-0.05, 0) is 30.5 Å². The van der Waals surface area contributed by atoms with Crippen LogP contribution in [0.4, 0.5) is 5.82 Å². The van der Waals surface area contributed by atoms with E-state index in [2.05, 4.69) is 16.0 Å². The van der Waals surface area contributed by atoms with Gasteiger partial charge in [0.1, 0.15) is 11.9 Å². The van der Waals surface area contributed by atoms with Crippen LogP contribution in [0.3, 0.4) is 0 Å². The summed E-state index contributed by atoms with van der Waals surface area (Å²) in [6.45, 7) is 0.459. The van der Waals surface area contributed by atoms with Gasteiger partial charge in [0.15, 0.2) is 0 Å². The number of rotatable bonds is 5. The molecule has 1 aliphatic carbocycles. The Bertz CT molecular complexity index is 647. The van der Waals surface area contributed by atoms with Gasteiger partial charge in [0, 0.05) is 18.8 Å². The molecular formula is C17H17N3O. The van der Waals surface area contributed by atoms with Crippen molar-refractivity contribution in [1.29, 1.82) is 5.26 Å². The van der Waals surface area contributed by atoms with Crippen LogP contribution in [0.5, 0.6) is 0 Å². The molecule has 1 aromatic carbocycles. The Morgan fingerprint density at radius 2 is 2.00 bits per heavy atom. The van der Waals surface area contributed by atoms with Crippen molar-refractivity contribution in [3.05, 3.63) is 59.8 Å². The molecule has 1 fully saturated rings. The summed E-state index contributed by atoms with van der Waals surface area (Å²) in [6, 6.07) is 15.7. The first-order valence-electron chi connectivity index (χ1n) is 7.14. The first-order valence-corrected chi connectivity index (χ1v) is 7.14. The van der Waals surface area contributed by atoms with Crippen LogP contribution < -0.4 is 4.90 Å². The molecule has 3 rings (SSSR count). The average Bonchev–Trinajstić information content (AvgIpc) is 3.38. The number of hydrogen-bond acceptors (Lipinski definition) is 4. The molecule has 0 unspecified atom stereocenters. The number of hydrogen-bond donors (Lipinski definition) is 1. The van der Waals surface area contributed by atoms with Crippen molar-refractivity contribution >= 4 is 5.82 Å². The molecule has 0 aliphatic heterocycles. The van der Waals surface area contributed by atoms with Crippen molar-refractivity contribution in [3.63, 3.8) is 0 Å². The number of aliphatic hydroxyl groups excluding tert-OH is 1. The Kier molecular flexibility index (Phi) is 3.85. The molecule has 106 valence electrons. The second-order valence-corrected chi connectivity index (χ2v) is 5.30. The third kappa shape index (κ3) is 3.04. The highest BCUT2D eigenvalue weighted by molar-refractivity contribution is 5.55. The van der Waals surface area contributed by atoms with Crippen LogP contribution in [0.2, 0.25) is 0 Å². The molecule has 0 radical (unpaired) electrons. The monoisotopic (exact) mass is 279 g/mol. The van der Waals surface area contributed by atoms with Crippen molar-refractivity contribution < 1.29 is 5.11 Å². The lowest BCUT2D eigenvalue weighted by atomic mass is 10.1. The van der Waals surface area contributed by atoms with E-state index >= 15 is 0 Å². The van der Waals surface area contributed by atoms with Crippen LogP contribution in [0.25, 0.3) is 0 Å². The Labute approximate surface area is 124 Å². The van der Waals surface area contributed by atoms with Gasteiger partial charge in [0.2, 0.25) is 0 Å². The van der Waals surface area contributed by atoms with E-state index in [4.69, 9.17) is 0 Å². The fraction of sp³-hybridized carbons (Fsp3) is 0.294. The molecule has 1 N–H and O–H groups in total.